The van der Waals surface area contributed by atoms with Crippen molar-refractivity contribution in [2.45, 2.75) is 63.2 Å². The number of nitrogens with one attached hydrogen (secondary N) is 3. The number of rotatable bonds is 11. The predicted octanol–water partition coefficient (Wildman–Crippen LogP) is 3.05. The Morgan fingerprint density at radius 1 is 1.08 bits per heavy atom. The molecule has 36 heavy (non-hydrogen) atoms. The van der Waals surface area contributed by atoms with Crippen molar-refractivity contribution >= 4 is 12.1 Å². The van der Waals surface area contributed by atoms with Gasteiger partial charge in [0.2, 0.25) is 0 Å². The number of nitrogens with zero attached hydrogens (tertiary/aromatic N) is 1. The Morgan fingerprint density at radius 3 is 2.50 bits per heavy atom. The molecule has 1 aromatic carbocycles. The van der Waals surface area contributed by atoms with Gasteiger partial charge in [0.05, 0.1) is 32.0 Å². The summed E-state index contributed by atoms with van der Waals surface area (Å²) in [6.45, 7) is 2.47. The Bertz CT molecular complexity index is 790. The number of piperidine rings is 1. The Hall–Kier alpha value is -2.36. The monoisotopic (exact) mass is 504 g/mol. The molecule has 4 unspecified atom stereocenters. The van der Waals surface area contributed by atoms with Crippen LogP contribution in [0.2, 0.25) is 0 Å². The first-order valence-electron chi connectivity index (χ1n) is 13.4. The van der Waals surface area contributed by atoms with E-state index >= 15 is 0 Å². The number of hydrogen-bond acceptors (Lipinski definition) is 6. The Kier molecular flexibility index (Phi) is 11.8. The largest absolute Gasteiger partial charge is 0.453 e. The SMILES string of the molecule is CNCC(NC(=O)N1CCCC(C(OCCNC(=O)OC)c2ccccc2)C1)C(O)C1CCCCC1. The van der Waals surface area contributed by atoms with Gasteiger partial charge in [-0.1, -0.05) is 49.6 Å². The molecule has 1 heterocycles. The van der Waals surface area contributed by atoms with Gasteiger partial charge in [-0.3, -0.25) is 0 Å². The number of benzene rings is 1. The molecule has 2 aliphatic rings. The van der Waals surface area contributed by atoms with E-state index in [2.05, 4.69) is 20.7 Å². The molecule has 2 fully saturated rings. The molecule has 1 aliphatic heterocycles. The van der Waals surface area contributed by atoms with Crippen LogP contribution in [0.4, 0.5) is 9.59 Å². The van der Waals surface area contributed by atoms with Crippen LogP contribution in [-0.2, 0) is 9.47 Å². The maximum absolute atomic E-state index is 13.3. The molecule has 0 radical (unpaired) electrons. The van der Waals surface area contributed by atoms with Crippen LogP contribution in [0.3, 0.4) is 0 Å². The third kappa shape index (κ3) is 8.35. The first kappa shape index (κ1) is 28.2. The van der Waals surface area contributed by atoms with E-state index in [-0.39, 0.29) is 30.0 Å². The van der Waals surface area contributed by atoms with E-state index in [1.54, 1.807) is 0 Å². The number of likely N-dealkylation sites (tertiary alicyclic amines) is 1. The summed E-state index contributed by atoms with van der Waals surface area (Å²) in [4.78, 5) is 26.5. The summed E-state index contributed by atoms with van der Waals surface area (Å²) in [6.07, 6.45) is 6.15. The van der Waals surface area contributed by atoms with Gasteiger partial charge in [0.1, 0.15) is 0 Å². The first-order valence-corrected chi connectivity index (χ1v) is 13.4. The number of ether oxygens (including phenoxy) is 2. The second kappa shape index (κ2) is 15.0. The number of carbonyl (C=O) groups is 2. The molecule has 4 N–H and O–H groups in total. The molecule has 0 bridgehead atoms. The van der Waals surface area contributed by atoms with E-state index < -0.39 is 12.2 Å². The van der Waals surface area contributed by atoms with E-state index in [4.69, 9.17) is 4.74 Å². The van der Waals surface area contributed by atoms with Crippen LogP contribution >= 0.6 is 0 Å². The molecule has 9 nitrogen and oxygen atoms in total. The highest BCUT2D eigenvalue weighted by molar-refractivity contribution is 5.74. The van der Waals surface area contributed by atoms with Crippen LogP contribution in [0.25, 0.3) is 0 Å². The van der Waals surface area contributed by atoms with Crippen LogP contribution in [0.1, 0.15) is 56.6 Å². The number of urea groups is 1. The minimum absolute atomic E-state index is 0.121. The van der Waals surface area contributed by atoms with Crippen LogP contribution in [0.15, 0.2) is 30.3 Å². The summed E-state index contributed by atoms with van der Waals surface area (Å²) in [5.74, 6) is 0.358. The Morgan fingerprint density at radius 2 is 1.81 bits per heavy atom. The lowest BCUT2D eigenvalue weighted by Gasteiger charge is -2.39. The molecular formula is C27H44N4O5. The van der Waals surface area contributed by atoms with E-state index in [0.717, 1.165) is 44.1 Å². The lowest BCUT2D eigenvalue weighted by molar-refractivity contribution is -0.00939. The second-order valence-electron chi connectivity index (χ2n) is 9.97. The van der Waals surface area contributed by atoms with Crippen molar-refractivity contribution in [1.82, 2.24) is 20.9 Å². The molecule has 4 atom stereocenters. The number of alkyl carbamates (subject to hydrolysis) is 1. The van der Waals surface area contributed by atoms with Gasteiger partial charge < -0.3 is 35.4 Å². The van der Waals surface area contributed by atoms with Gasteiger partial charge in [0.25, 0.3) is 0 Å². The van der Waals surface area contributed by atoms with Crippen LogP contribution < -0.4 is 16.0 Å². The lowest BCUT2D eigenvalue weighted by atomic mass is 9.82. The zero-order valence-electron chi connectivity index (χ0n) is 21.8. The molecule has 9 heteroatoms. The van der Waals surface area contributed by atoms with Crippen molar-refractivity contribution in [3.05, 3.63) is 35.9 Å². The highest BCUT2D eigenvalue weighted by atomic mass is 16.5. The summed E-state index contributed by atoms with van der Waals surface area (Å²) in [7, 11) is 3.18. The van der Waals surface area contributed by atoms with Gasteiger partial charge in [-0.15, -0.1) is 0 Å². The predicted molar refractivity (Wildman–Crippen MR) is 139 cm³/mol. The normalized spacial score (nSPS) is 21.3. The van der Waals surface area contributed by atoms with E-state index in [0.29, 0.717) is 32.8 Å². The van der Waals surface area contributed by atoms with Crippen molar-refractivity contribution in [3.63, 3.8) is 0 Å². The molecule has 202 valence electrons. The third-order valence-corrected chi connectivity index (χ3v) is 7.43. The number of aliphatic hydroxyl groups is 1. The van der Waals surface area contributed by atoms with Gasteiger partial charge in [0.15, 0.2) is 0 Å². The average Bonchev–Trinajstić information content (AvgIpc) is 2.93. The summed E-state index contributed by atoms with van der Waals surface area (Å²) >= 11 is 0. The molecule has 3 amide bonds. The van der Waals surface area contributed by atoms with Crippen molar-refractivity contribution in [2.75, 3.05) is 46.9 Å². The van der Waals surface area contributed by atoms with E-state index in [1.165, 1.54) is 13.5 Å². The number of likely N-dealkylation sites (N-methyl/N-ethyl adjacent to an activating group) is 1. The Balaban J connectivity index is 1.62. The van der Waals surface area contributed by atoms with Gasteiger partial charge in [-0.2, -0.15) is 0 Å². The molecule has 1 saturated carbocycles. The van der Waals surface area contributed by atoms with Crippen molar-refractivity contribution < 1.29 is 24.2 Å². The quantitative estimate of drug-likeness (QED) is 0.345. The molecule has 3 rings (SSSR count). The number of methoxy groups -OCH3 is 1. The van der Waals surface area contributed by atoms with E-state index in [9.17, 15) is 14.7 Å². The fourth-order valence-electron chi connectivity index (χ4n) is 5.53. The van der Waals surface area contributed by atoms with Crippen molar-refractivity contribution in [1.29, 1.82) is 0 Å². The smallest absolute Gasteiger partial charge is 0.406 e. The zero-order chi connectivity index (χ0) is 25.8. The van der Waals surface area contributed by atoms with Gasteiger partial charge in [-0.05, 0) is 44.2 Å². The maximum Gasteiger partial charge on any atom is 0.406 e. The number of aliphatic hydroxyl groups excluding tert-OH is 1. The minimum atomic E-state index is -0.551. The fourth-order valence-corrected chi connectivity index (χ4v) is 5.53. The number of hydrogen-bond donors (Lipinski definition) is 4. The molecule has 0 aromatic heterocycles. The van der Waals surface area contributed by atoms with Crippen LogP contribution in [0, 0.1) is 11.8 Å². The van der Waals surface area contributed by atoms with Crippen LogP contribution in [-0.4, -0.2) is 81.2 Å². The van der Waals surface area contributed by atoms with Crippen molar-refractivity contribution in [3.8, 4) is 0 Å². The standard InChI is InChI=1S/C27H44N4O5/c1-28-18-23(24(32)20-10-5-3-6-11-20)30-26(33)31-16-9-14-22(19-31)25(21-12-7-4-8-13-21)36-17-15-29-27(34)35-2/h4,7-8,12-13,20,22-25,28,32H,3,5-6,9-11,14-19H2,1-2H3,(H,29,34)(H,30,33). The lowest BCUT2D eigenvalue weighted by Crippen LogP contribution is -2.56. The summed E-state index contributed by atoms with van der Waals surface area (Å²) in [5, 5.41) is 20.0. The van der Waals surface area contributed by atoms with Gasteiger partial charge in [-0.25, -0.2) is 9.59 Å². The fraction of sp³-hybridized carbons (Fsp3) is 0.704. The molecule has 0 spiro atoms. The molecule has 1 saturated heterocycles. The van der Waals surface area contributed by atoms with Gasteiger partial charge >= 0.3 is 12.1 Å². The summed E-state index contributed by atoms with van der Waals surface area (Å²) in [5.41, 5.74) is 1.06. The highest BCUT2D eigenvalue weighted by Crippen LogP contribution is 2.33. The minimum Gasteiger partial charge on any atom is -0.453 e. The van der Waals surface area contributed by atoms with E-state index in [1.807, 2.05) is 42.3 Å². The topological polar surface area (TPSA) is 112 Å². The molecule has 1 aromatic rings. The van der Waals surface area contributed by atoms with Crippen molar-refractivity contribution in [2.24, 2.45) is 11.8 Å². The first-order chi connectivity index (χ1) is 17.5. The van der Waals surface area contributed by atoms with Gasteiger partial charge in [0, 0.05) is 32.1 Å². The molecular weight excluding hydrogens is 460 g/mol. The third-order valence-electron chi connectivity index (χ3n) is 7.43. The Labute approximate surface area is 215 Å². The average molecular weight is 505 g/mol. The second-order valence-corrected chi connectivity index (χ2v) is 9.97. The number of carbonyl (C=O) groups excluding carboxylic acids is 2. The van der Waals surface area contributed by atoms with Crippen LogP contribution in [0.5, 0.6) is 0 Å². The molecule has 1 aliphatic carbocycles. The zero-order valence-corrected chi connectivity index (χ0v) is 21.8. The summed E-state index contributed by atoms with van der Waals surface area (Å²) in [6, 6.07) is 9.58. The highest BCUT2D eigenvalue weighted by Gasteiger charge is 2.34. The summed E-state index contributed by atoms with van der Waals surface area (Å²) < 4.78 is 10.9. The number of amides is 3. The maximum atomic E-state index is 13.3.